The van der Waals surface area contributed by atoms with Crippen LogP contribution in [0.1, 0.15) is 10.4 Å². The molecule has 1 aromatic rings. The van der Waals surface area contributed by atoms with Gasteiger partial charge in [0, 0.05) is 43.3 Å². The number of piperazine rings is 1. The number of ketones is 1. The zero-order chi connectivity index (χ0) is 16.1. The van der Waals surface area contributed by atoms with E-state index in [0.29, 0.717) is 11.6 Å². The molecule has 0 bridgehead atoms. The van der Waals surface area contributed by atoms with E-state index in [1.165, 1.54) is 12.1 Å². The van der Waals surface area contributed by atoms with Crippen LogP contribution in [0.2, 0.25) is 10.0 Å². The van der Waals surface area contributed by atoms with E-state index in [-0.39, 0.29) is 16.4 Å². The Balaban J connectivity index is 2.15. The Kier molecular flexibility index (Phi) is 6.02. The van der Waals surface area contributed by atoms with Crippen molar-refractivity contribution in [1.82, 2.24) is 15.5 Å². The molecule has 0 aliphatic carbocycles. The average Bonchev–Trinajstić information content (AvgIpc) is 2.46. The molecule has 3 N–H and O–H groups in total. The molecule has 1 heterocycles. The van der Waals surface area contributed by atoms with Gasteiger partial charge in [0.2, 0.25) is 0 Å². The van der Waals surface area contributed by atoms with E-state index in [0.717, 1.165) is 26.2 Å². The molecule has 1 aliphatic heterocycles. The fourth-order valence-electron chi connectivity index (χ4n) is 2.37. The minimum atomic E-state index is -1.24. The Labute approximate surface area is 138 Å². The van der Waals surface area contributed by atoms with Crippen molar-refractivity contribution in [3.63, 3.8) is 0 Å². The molecule has 1 aromatic carbocycles. The molecule has 1 amide bonds. The zero-order valence-electron chi connectivity index (χ0n) is 11.8. The monoisotopic (exact) mass is 345 g/mol. The van der Waals surface area contributed by atoms with E-state index in [1.807, 2.05) is 4.90 Å². The molecule has 1 atom stereocenters. The lowest BCUT2D eigenvalue weighted by atomic mass is 10.0. The first-order valence-electron chi connectivity index (χ1n) is 6.89. The van der Waals surface area contributed by atoms with Gasteiger partial charge in [0.25, 0.3) is 0 Å². The average molecular weight is 346 g/mol. The summed E-state index contributed by atoms with van der Waals surface area (Å²) < 4.78 is 0. The lowest BCUT2D eigenvalue weighted by Crippen LogP contribution is -2.52. The topological polar surface area (TPSA) is 81.7 Å². The van der Waals surface area contributed by atoms with E-state index in [2.05, 4.69) is 10.6 Å². The fraction of sp³-hybridized carbons (Fsp3) is 0.429. The first-order valence-corrected chi connectivity index (χ1v) is 7.65. The van der Waals surface area contributed by atoms with Crippen LogP contribution in [-0.4, -0.2) is 60.6 Å². The van der Waals surface area contributed by atoms with E-state index < -0.39 is 12.1 Å². The van der Waals surface area contributed by atoms with Gasteiger partial charge in [0.15, 0.2) is 5.78 Å². The first-order chi connectivity index (χ1) is 10.5. The van der Waals surface area contributed by atoms with E-state index in [9.17, 15) is 9.59 Å². The fourth-order valence-corrected chi connectivity index (χ4v) is 2.87. The summed E-state index contributed by atoms with van der Waals surface area (Å²) >= 11 is 11.9. The predicted octanol–water partition coefficient (Wildman–Crippen LogP) is 1.72. The van der Waals surface area contributed by atoms with Gasteiger partial charge in [-0.1, -0.05) is 23.2 Å². The number of hydrogen-bond acceptors (Lipinski definition) is 4. The highest BCUT2D eigenvalue weighted by molar-refractivity contribution is 6.37. The highest BCUT2D eigenvalue weighted by atomic mass is 35.5. The third-order valence-electron chi connectivity index (χ3n) is 3.46. The van der Waals surface area contributed by atoms with Crippen LogP contribution in [-0.2, 0) is 0 Å². The number of nitrogens with zero attached hydrogens (tertiary/aromatic N) is 1. The standard InChI is InChI=1S/C14H17Cl2N3O3/c15-9-1-2-10(11(16)7-9)13(20)12(18-14(21)22)8-19-5-3-17-4-6-19/h1-2,7,12,17-18H,3-6,8H2,(H,21,22). The molecule has 1 aliphatic rings. The largest absolute Gasteiger partial charge is 0.465 e. The van der Waals surface area contributed by atoms with Gasteiger partial charge < -0.3 is 15.7 Å². The van der Waals surface area contributed by atoms with Crippen LogP contribution in [0, 0.1) is 0 Å². The lowest BCUT2D eigenvalue weighted by Gasteiger charge is -2.30. The highest BCUT2D eigenvalue weighted by Crippen LogP contribution is 2.22. The highest BCUT2D eigenvalue weighted by Gasteiger charge is 2.26. The second kappa shape index (κ2) is 7.78. The number of halogens is 2. The second-order valence-corrected chi connectivity index (χ2v) is 5.88. The zero-order valence-corrected chi connectivity index (χ0v) is 13.3. The van der Waals surface area contributed by atoms with Gasteiger partial charge in [0.05, 0.1) is 5.02 Å². The number of carboxylic acid groups (broad SMARTS) is 1. The number of hydrogen-bond donors (Lipinski definition) is 3. The Morgan fingerprint density at radius 3 is 2.59 bits per heavy atom. The maximum atomic E-state index is 12.6. The molecule has 120 valence electrons. The van der Waals surface area contributed by atoms with Gasteiger partial charge in [-0.2, -0.15) is 0 Å². The maximum absolute atomic E-state index is 12.6. The number of rotatable bonds is 5. The van der Waals surface area contributed by atoms with E-state index >= 15 is 0 Å². The van der Waals surface area contributed by atoms with Gasteiger partial charge in [-0.25, -0.2) is 4.79 Å². The molecule has 1 unspecified atom stereocenters. The van der Waals surface area contributed by atoms with Crippen molar-refractivity contribution in [3.05, 3.63) is 33.8 Å². The Bertz CT molecular complexity index is 562. The number of nitrogens with one attached hydrogen (secondary N) is 2. The summed E-state index contributed by atoms with van der Waals surface area (Å²) in [5.41, 5.74) is 0.264. The molecule has 1 fully saturated rings. The van der Waals surface area contributed by atoms with Crippen molar-refractivity contribution in [2.24, 2.45) is 0 Å². The Hall–Kier alpha value is -1.34. The van der Waals surface area contributed by atoms with Crippen molar-refractivity contribution in [2.75, 3.05) is 32.7 Å². The third-order valence-corrected chi connectivity index (χ3v) is 4.01. The third kappa shape index (κ3) is 4.58. The van der Waals surface area contributed by atoms with Crippen molar-refractivity contribution in [1.29, 1.82) is 0 Å². The lowest BCUT2D eigenvalue weighted by molar-refractivity contribution is 0.0899. The molecular formula is C14H17Cl2N3O3. The van der Waals surface area contributed by atoms with Crippen LogP contribution in [0.25, 0.3) is 0 Å². The molecular weight excluding hydrogens is 329 g/mol. The van der Waals surface area contributed by atoms with Crippen LogP contribution in [0.3, 0.4) is 0 Å². The smallest absolute Gasteiger partial charge is 0.405 e. The molecule has 8 heteroatoms. The van der Waals surface area contributed by atoms with Gasteiger partial charge in [-0.3, -0.25) is 9.69 Å². The van der Waals surface area contributed by atoms with Gasteiger partial charge in [0.1, 0.15) is 6.04 Å². The van der Waals surface area contributed by atoms with Crippen LogP contribution in [0.4, 0.5) is 4.79 Å². The molecule has 6 nitrogen and oxygen atoms in total. The quantitative estimate of drug-likeness (QED) is 0.708. The van der Waals surface area contributed by atoms with Crippen molar-refractivity contribution in [2.45, 2.75) is 6.04 Å². The predicted molar refractivity (Wildman–Crippen MR) is 85.1 cm³/mol. The number of benzene rings is 1. The Morgan fingerprint density at radius 2 is 2.00 bits per heavy atom. The summed E-state index contributed by atoms with van der Waals surface area (Å²) in [6.45, 7) is 3.47. The molecule has 0 saturated carbocycles. The first kappa shape index (κ1) is 17.0. The number of carbonyl (C=O) groups excluding carboxylic acids is 1. The van der Waals surface area contributed by atoms with E-state index in [1.54, 1.807) is 6.07 Å². The molecule has 22 heavy (non-hydrogen) atoms. The summed E-state index contributed by atoms with van der Waals surface area (Å²) in [5.74, 6) is -0.359. The molecule has 0 radical (unpaired) electrons. The molecule has 0 spiro atoms. The van der Waals surface area contributed by atoms with Crippen molar-refractivity contribution >= 4 is 35.1 Å². The number of Topliss-reactive ketones (excluding diaryl/α,β-unsaturated/α-hetero) is 1. The second-order valence-electron chi connectivity index (χ2n) is 5.04. The summed E-state index contributed by atoms with van der Waals surface area (Å²) in [6.07, 6.45) is -1.24. The van der Waals surface area contributed by atoms with Crippen LogP contribution < -0.4 is 10.6 Å². The molecule has 1 saturated heterocycles. The summed E-state index contributed by atoms with van der Waals surface area (Å²) in [4.78, 5) is 25.6. The summed E-state index contributed by atoms with van der Waals surface area (Å²) in [7, 11) is 0. The normalized spacial score (nSPS) is 17.0. The number of amides is 1. The van der Waals surface area contributed by atoms with Crippen molar-refractivity contribution in [3.8, 4) is 0 Å². The van der Waals surface area contributed by atoms with Gasteiger partial charge >= 0.3 is 6.09 Å². The van der Waals surface area contributed by atoms with Crippen LogP contribution >= 0.6 is 23.2 Å². The number of carbonyl (C=O) groups is 2. The molecule has 0 aromatic heterocycles. The summed E-state index contributed by atoms with van der Waals surface area (Å²) in [5, 5.41) is 15.1. The van der Waals surface area contributed by atoms with Crippen LogP contribution in [0.15, 0.2) is 18.2 Å². The van der Waals surface area contributed by atoms with Crippen LogP contribution in [0.5, 0.6) is 0 Å². The van der Waals surface area contributed by atoms with Crippen molar-refractivity contribution < 1.29 is 14.7 Å². The summed E-state index contributed by atoms with van der Waals surface area (Å²) in [6, 6.07) is 3.68. The maximum Gasteiger partial charge on any atom is 0.405 e. The van der Waals surface area contributed by atoms with Gasteiger partial charge in [-0.15, -0.1) is 0 Å². The molecule has 2 rings (SSSR count). The minimum Gasteiger partial charge on any atom is -0.465 e. The minimum absolute atomic E-state index is 0.218. The SMILES string of the molecule is O=C(O)NC(CN1CCNCC1)C(=O)c1ccc(Cl)cc1Cl. The Morgan fingerprint density at radius 1 is 1.32 bits per heavy atom. The van der Waals surface area contributed by atoms with Gasteiger partial charge in [-0.05, 0) is 18.2 Å². The van der Waals surface area contributed by atoms with E-state index in [4.69, 9.17) is 28.3 Å².